The zero-order chi connectivity index (χ0) is 18.1. The molecule has 24 heavy (non-hydrogen) atoms. The number of hydrogen-bond donors (Lipinski definition) is 3. The number of carboxylic acids is 1. The molecule has 0 fully saturated rings. The minimum absolute atomic E-state index is 0.132. The van der Waals surface area contributed by atoms with Gasteiger partial charge < -0.3 is 15.2 Å². The minimum Gasteiger partial charge on any atom is -0.481 e. The number of anilines is 1. The second kappa shape index (κ2) is 6.12. The topological polar surface area (TPSA) is 122 Å². The number of aliphatic carboxylic acids is 1. The SMILES string of the molecule is CC(C)(C)OC(=O)C1(CC(=O)O)C(=O)NCc2ccccc2N1N. The molecule has 1 aliphatic heterocycles. The van der Waals surface area contributed by atoms with Crippen molar-refractivity contribution >= 4 is 23.5 Å². The summed E-state index contributed by atoms with van der Waals surface area (Å²) in [7, 11) is 0. The van der Waals surface area contributed by atoms with Crippen LogP contribution in [0.1, 0.15) is 32.8 Å². The highest BCUT2D eigenvalue weighted by Crippen LogP contribution is 2.32. The van der Waals surface area contributed by atoms with Crippen LogP contribution in [0.3, 0.4) is 0 Å². The molecule has 1 amide bonds. The Morgan fingerprint density at radius 1 is 1.38 bits per heavy atom. The molecule has 0 aromatic heterocycles. The first-order valence-corrected chi connectivity index (χ1v) is 7.44. The Labute approximate surface area is 139 Å². The molecule has 8 nitrogen and oxygen atoms in total. The highest BCUT2D eigenvalue weighted by molar-refractivity contribution is 6.13. The molecular formula is C16H21N3O5. The molecule has 1 aromatic rings. The molecule has 1 atom stereocenters. The van der Waals surface area contributed by atoms with Crippen molar-refractivity contribution in [2.75, 3.05) is 5.01 Å². The van der Waals surface area contributed by atoms with Gasteiger partial charge in [0, 0.05) is 6.54 Å². The Balaban J connectivity index is 2.60. The average molecular weight is 335 g/mol. The van der Waals surface area contributed by atoms with E-state index in [1.165, 1.54) is 0 Å². The van der Waals surface area contributed by atoms with Gasteiger partial charge in [-0.1, -0.05) is 18.2 Å². The lowest BCUT2D eigenvalue weighted by molar-refractivity contribution is -0.167. The van der Waals surface area contributed by atoms with Crippen LogP contribution < -0.4 is 16.2 Å². The molecule has 2 rings (SSSR count). The molecule has 0 aliphatic carbocycles. The quantitative estimate of drug-likeness (QED) is 0.419. The van der Waals surface area contributed by atoms with Gasteiger partial charge in [0.05, 0.1) is 12.1 Å². The summed E-state index contributed by atoms with van der Waals surface area (Å²) in [6.45, 7) is 5.02. The number of hydrogen-bond acceptors (Lipinski definition) is 6. The number of nitrogens with zero attached hydrogens (tertiary/aromatic N) is 1. The van der Waals surface area contributed by atoms with Gasteiger partial charge in [-0.15, -0.1) is 0 Å². The van der Waals surface area contributed by atoms with Gasteiger partial charge in [-0.2, -0.15) is 0 Å². The second-order valence-electron chi connectivity index (χ2n) is 6.61. The Hall–Kier alpha value is -2.61. The first kappa shape index (κ1) is 17.7. The standard InChI is InChI=1S/C16H21N3O5/c1-15(2,3)24-14(23)16(8-12(20)21)13(22)18-9-10-6-4-5-7-11(10)19(16)17/h4-7H,8-9,17H2,1-3H3,(H,18,22)(H,20,21). The third-order valence-corrected chi connectivity index (χ3v) is 3.62. The molecule has 8 heteroatoms. The summed E-state index contributed by atoms with van der Waals surface area (Å²) in [5, 5.41) is 12.8. The van der Waals surface area contributed by atoms with Crippen molar-refractivity contribution in [2.45, 2.75) is 44.9 Å². The molecule has 1 heterocycles. The lowest BCUT2D eigenvalue weighted by Gasteiger charge is -2.38. The fourth-order valence-electron chi connectivity index (χ4n) is 2.54. The fourth-order valence-corrected chi connectivity index (χ4v) is 2.54. The normalized spacial score (nSPS) is 20.7. The van der Waals surface area contributed by atoms with E-state index < -0.39 is 35.4 Å². The van der Waals surface area contributed by atoms with Gasteiger partial charge in [-0.25, -0.2) is 10.6 Å². The van der Waals surface area contributed by atoms with E-state index >= 15 is 0 Å². The summed E-state index contributed by atoms with van der Waals surface area (Å²) in [5.74, 6) is 2.94. The molecule has 1 unspecified atom stereocenters. The van der Waals surface area contributed by atoms with Crippen LogP contribution in [0.25, 0.3) is 0 Å². The highest BCUT2D eigenvalue weighted by Gasteiger charge is 2.56. The smallest absolute Gasteiger partial charge is 0.344 e. The summed E-state index contributed by atoms with van der Waals surface area (Å²) in [5.41, 5.74) is -2.03. The number of carboxylic acid groups (broad SMARTS) is 1. The zero-order valence-electron chi connectivity index (χ0n) is 13.8. The van der Waals surface area contributed by atoms with Crippen LogP contribution in [0.5, 0.6) is 0 Å². The van der Waals surface area contributed by atoms with Crippen LogP contribution in [0.2, 0.25) is 0 Å². The Morgan fingerprint density at radius 2 is 2.00 bits per heavy atom. The fraction of sp³-hybridized carbons (Fsp3) is 0.438. The van der Waals surface area contributed by atoms with E-state index in [1.54, 1.807) is 45.0 Å². The van der Waals surface area contributed by atoms with Crippen molar-refractivity contribution in [3.05, 3.63) is 29.8 Å². The van der Waals surface area contributed by atoms with Crippen LogP contribution in [-0.2, 0) is 25.7 Å². The van der Waals surface area contributed by atoms with Gasteiger partial charge in [-0.05, 0) is 32.4 Å². The third-order valence-electron chi connectivity index (χ3n) is 3.62. The summed E-state index contributed by atoms with van der Waals surface area (Å²) < 4.78 is 5.31. The number of ether oxygens (including phenoxy) is 1. The number of carbonyl (C=O) groups excluding carboxylic acids is 2. The van der Waals surface area contributed by atoms with Crippen LogP contribution in [0, 0.1) is 0 Å². The van der Waals surface area contributed by atoms with Crippen LogP contribution in [-0.4, -0.2) is 34.1 Å². The maximum absolute atomic E-state index is 12.8. The summed E-state index contributed by atoms with van der Waals surface area (Å²) in [4.78, 5) is 36.9. The third kappa shape index (κ3) is 3.18. The molecule has 0 radical (unpaired) electrons. The molecule has 0 spiro atoms. The first-order chi connectivity index (χ1) is 11.1. The number of fused-ring (bicyclic) bond motifs is 1. The van der Waals surface area contributed by atoms with Gasteiger partial charge in [0.2, 0.25) is 5.54 Å². The van der Waals surface area contributed by atoms with Gasteiger partial charge in [0.1, 0.15) is 5.60 Å². The summed E-state index contributed by atoms with van der Waals surface area (Å²) in [6.07, 6.45) is -0.821. The van der Waals surface area contributed by atoms with Crippen LogP contribution >= 0.6 is 0 Å². The number of amides is 1. The molecule has 130 valence electrons. The van der Waals surface area contributed by atoms with Gasteiger partial charge in [0.25, 0.3) is 5.91 Å². The summed E-state index contributed by atoms with van der Waals surface area (Å²) >= 11 is 0. The van der Waals surface area contributed by atoms with E-state index in [9.17, 15) is 19.5 Å². The zero-order valence-corrected chi connectivity index (χ0v) is 13.8. The average Bonchev–Trinajstić information content (AvgIpc) is 2.56. The Morgan fingerprint density at radius 3 is 2.58 bits per heavy atom. The van der Waals surface area contributed by atoms with Crippen molar-refractivity contribution in [2.24, 2.45) is 5.84 Å². The Bertz CT molecular complexity index is 683. The number of nitrogens with one attached hydrogen (secondary N) is 1. The number of hydrazine groups is 1. The molecular weight excluding hydrogens is 314 g/mol. The van der Waals surface area contributed by atoms with Gasteiger partial charge >= 0.3 is 11.9 Å². The maximum Gasteiger partial charge on any atom is 0.344 e. The number of nitrogens with two attached hydrogens (primary N) is 1. The molecule has 1 aliphatic rings. The van der Waals surface area contributed by atoms with E-state index in [0.717, 1.165) is 5.01 Å². The van der Waals surface area contributed by atoms with E-state index in [4.69, 9.17) is 10.6 Å². The largest absolute Gasteiger partial charge is 0.481 e. The van der Waals surface area contributed by atoms with Crippen molar-refractivity contribution in [1.82, 2.24) is 5.32 Å². The van der Waals surface area contributed by atoms with Gasteiger partial charge in [-0.3, -0.25) is 14.6 Å². The number of carbonyl (C=O) groups is 3. The van der Waals surface area contributed by atoms with Crippen molar-refractivity contribution in [3.8, 4) is 0 Å². The van der Waals surface area contributed by atoms with Crippen molar-refractivity contribution in [3.63, 3.8) is 0 Å². The first-order valence-electron chi connectivity index (χ1n) is 7.44. The maximum atomic E-state index is 12.8. The molecule has 0 bridgehead atoms. The summed E-state index contributed by atoms with van der Waals surface area (Å²) in [6, 6.07) is 6.81. The van der Waals surface area contributed by atoms with E-state index in [-0.39, 0.29) is 6.54 Å². The van der Waals surface area contributed by atoms with Gasteiger partial charge in [0.15, 0.2) is 0 Å². The number of esters is 1. The van der Waals surface area contributed by atoms with E-state index in [0.29, 0.717) is 11.3 Å². The minimum atomic E-state index is -2.19. The van der Waals surface area contributed by atoms with Crippen LogP contribution in [0.4, 0.5) is 5.69 Å². The van der Waals surface area contributed by atoms with Crippen molar-refractivity contribution < 1.29 is 24.2 Å². The highest BCUT2D eigenvalue weighted by atomic mass is 16.6. The predicted molar refractivity (Wildman–Crippen MR) is 85.8 cm³/mol. The van der Waals surface area contributed by atoms with E-state index in [2.05, 4.69) is 5.32 Å². The second-order valence-corrected chi connectivity index (χ2v) is 6.61. The lowest BCUT2D eigenvalue weighted by Crippen LogP contribution is -2.67. The number of rotatable bonds is 3. The molecule has 4 N–H and O–H groups in total. The molecule has 0 saturated carbocycles. The van der Waals surface area contributed by atoms with E-state index in [1.807, 2.05) is 0 Å². The molecule has 0 saturated heterocycles. The Kier molecular flexibility index (Phi) is 4.52. The number of para-hydroxylation sites is 1. The predicted octanol–water partition coefficient (Wildman–Crippen LogP) is 0.552. The van der Waals surface area contributed by atoms with Crippen LogP contribution in [0.15, 0.2) is 24.3 Å². The monoisotopic (exact) mass is 335 g/mol. The molecule has 1 aromatic carbocycles. The number of benzene rings is 1. The lowest BCUT2D eigenvalue weighted by atomic mass is 9.92. The van der Waals surface area contributed by atoms with Crippen molar-refractivity contribution in [1.29, 1.82) is 0 Å².